The van der Waals surface area contributed by atoms with Crippen molar-refractivity contribution in [2.75, 3.05) is 6.61 Å². The van der Waals surface area contributed by atoms with E-state index in [4.69, 9.17) is 9.47 Å². The molecular weight excluding hydrogens is 436 g/mol. The Balaban J connectivity index is 1.59. The fourth-order valence-corrected chi connectivity index (χ4v) is 4.87. The van der Waals surface area contributed by atoms with Gasteiger partial charge in [-0.15, -0.1) is 0 Å². The molecule has 1 saturated heterocycles. The molecule has 1 aromatic carbocycles. The molecule has 2 amide bonds. The van der Waals surface area contributed by atoms with Gasteiger partial charge < -0.3 is 9.47 Å². The number of nitrogens with zero attached hydrogens (tertiary/aromatic N) is 2. The van der Waals surface area contributed by atoms with Crippen LogP contribution in [-0.4, -0.2) is 35.2 Å². The molecule has 0 radical (unpaired) electrons. The van der Waals surface area contributed by atoms with Crippen molar-refractivity contribution in [1.82, 2.24) is 5.01 Å². The van der Waals surface area contributed by atoms with Gasteiger partial charge in [0.25, 0.3) is 11.8 Å². The molecule has 4 atom stereocenters. The monoisotopic (exact) mass is 460 g/mol. The van der Waals surface area contributed by atoms with Gasteiger partial charge in [-0.05, 0) is 74.0 Å². The molecule has 0 aromatic heterocycles. The SMILES string of the molecule is CCOc1cc(C=NN2C(=O)C3C4C=CC(C4)C3C2=O)c(Br)cc1OC(C)(C)C. The van der Waals surface area contributed by atoms with Gasteiger partial charge in [-0.2, -0.15) is 10.1 Å². The number of halogens is 1. The van der Waals surface area contributed by atoms with E-state index in [9.17, 15) is 9.59 Å². The quantitative estimate of drug-likeness (QED) is 0.375. The van der Waals surface area contributed by atoms with Crippen molar-refractivity contribution in [3.63, 3.8) is 0 Å². The summed E-state index contributed by atoms with van der Waals surface area (Å²) in [4.78, 5) is 25.5. The second kappa shape index (κ2) is 7.27. The van der Waals surface area contributed by atoms with Gasteiger partial charge in [0, 0.05) is 10.0 Å². The largest absolute Gasteiger partial charge is 0.490 e. The Kier molecular flexibility index (Phi) is 5.05. The van der Waals surface area contributed by atoms with Gasteiger partial charge in [-0.1, -0.05) is 12.2 Å². The Labute approximate surface area is 179 Å². The number of hydrazone groups is 1. The summed E-state index contributed by atoms with van der Waals surface area (Å²) in [5.74, 6) is 0.667. The van der Waals surface area contributed by atoms with Crippen LogP contribution in [0.2, 0.25) is 0 Å². The number of benzene rings is 1. The van der Waals surface area contributed by atoms with Crippen LogP contribution >= 0.6 is 15.9 Å². The Hall–Kier alpha value is -2.15. The first-order chi connectivity index (χ1) is 13.7. The summed E-state index contributed by atoms with van der Waals surface area (Å²) < 4.78 is 12.5. The molecule has 6 nitrogen and oxygen atoms in total. The maximum absolute atomic E-state index is 12.8. The lowest BCUT2D eigenvalue weighted by molar-refractivity contribution is -0.140. The standard InChI is InChI=1S/C22H25BrN2O4/c1-5-28-16-9-14(15(23)10-17(16)29-22(2,3)4)11-24-25-20(26)18-12-6-7-13(8-12)19(18)21(25)27/h6-7,9-13,18-19H,5,8H2,1-4H3. The highest BCUT2D eigenvalue weighted by Crippen LogP contribution is 2.52. The number of imide groups is 1. The fourth-order valence-electron chi connectivity index (χ4n) is 4.45. The van der Waals surface area contributed by atoms with E-state index in [0.717, 1.165) is 15.9 Å². The van der Waals surface area contributed by atoms with Crippen molar-refractivity contribution < 1.29 is 19.1 Å². The molecule has 2 bridgehead atoms. The van der Waals surface area contributed by atoms with Crippen LogP contribution < -0.4 is 9.47 Å². The zero-order valence-electron chi connectivity index (χ0n) is 17.0. The summed E-state index contributed by atoms with van der Waals surface area (Å²) in [6.45, 7) is 8.29. The molecule has 29 heavy (non-hydrogen) atoms. The van der Waals surface area contributed by atoms with E-state index < -0.39 is 0 Å². The number of fused-ring (bicyclic) bond motifs is 5. The number of carbonyl (C=O) groups excluding carboxylic acids is 2. The molecule has 4 rings (SSSR count). The second-order valence-electron chi connectivity index (χ2n) is 8.70. The molecule has 1 saturated carbocycles. The van der Waals surface area contributed by atoms with Crippen LogP contribution in [0.4, 0.5) is 0 Å². The van der Waals surface area contributed by atoms with Gasteiger partial charge in [0.2, 0.25) is 0 Å². The molecule has 154 valence electrons. The summed E-state index contributed by atoms with van der Waals surface area (Å²) in [6, 6.07) is 3.62. The number of hydrogen-bond acceptors (Lipinski definition) is 5. The van der Waals surface area contributed by atoms with Crippen molar-refractivity contribution in [1.29, 1.82) is 0 Å². The summed E-state index contributed by atoms with van der Waals surface area (Å²) in [7, 11) is 0. The average molecular weight is 461 g/mol. The van der Waals surface area contributed by atoms with Crippen LogP contribution in [0.5, 0.6) is 11.5 Å². The van der Waals surface area contributed by atoms with Crippen LogP contribution in [0.25, 0.3) is 0 Å². The highest BCUT2D eigenvalue weighted by molar-refractivity contribution is 9.10. The van der Waals surface area contributed by atoms with Crippen molar-refractivity contribution in [3.8, 4) is 11.5 Å². The molecule has 2 aliphatic carbocycles. The minimum Gasteiger partial charge on any atom is -0.490 e. The van der Waals surface area contributed by atoms with E-state index in [0.29, 0.717) is 23.7 Å². The molecular formula is C22H25BrN2O4. The molecule has 4 unspecified atom stereocenters. The minimum absolute atomic E-state index is 0.173. The summed E-state index contributed by atoms with van der Waals surface area (Å²) in [5, 5.41) is 5.31. The molecule has 7 heteroatoms. The molecule has 1 aliphatic heterocycles. The lowest BCUT2D eigenvalue weighted by atomic mass is 9.85. The number of rotatable bonds is 5. The first-order valence-corrected chi connectivity index (χ1v) is 10.7. The van der Waals surface area contributed by atoms with Crippen molar-refractivity contribution in [2.45, 2.75) is 39.7 Å². The van der Waals surface area contributed by atoms with E-state index in [1.54, 1.807) is 6.07 Å². The lowest BCUT2D eigenvalue weighted by Gasteiger charge is -2.23. The van der Waals surface area contributed by atoms with Gasteiger partial charge >= 0.3 is 0 Å². The number of allylic oxidation sites excluding steroid dienone is 2. The number of ether oxygens (including phenoxy) is 2. The highest BCUT2D eigenvalue weighted by atomic mass is 79.9. The first kappa shape index (κ1) is 20.1. The topological polar surface area (TPSA) is 68.2 Å². The summed E-state index contributed by atoms with van der Waals surface area (Å²) >= 11 is 3.53. The Bertz CT molecular complexity index is 888. The van der Waals surface area contributed by atoms with E-state index in [2.05, 4.69) is 33.2 Å². The third kappa shape index (κ3) is 3.61. The minimum atomic E-state index is -0.375. The van der Waals surface area contributed by atoms with Crippen LogP contribution in [0.15, 0.2) is 33.9 Å². The molecule has 3 aliphatic rings. The fraction of sp³-hybridized carbons (Fsp3) is 0.500. The number of hydrogen-bond donors (Lipinski definition) is 0. The van der Waals surface area contributed by atoms with Gasteiger partial charge in [0.05, 0.1) is 24.7 Å². The lowest BCUT2D eigenvalue weighted by Crippen LogP contribution is -2.28. The third-order valence-electron chi connectivity index (χ3n) is 5.54. The van der Waals surface area contributed by atoms with Crippen molar-refractivity contribution in [3.05, 3.63) is 34.3 Å². The van der Waals surface area contributed by atoms with Crippen LogP contribution in [0.3, 0.4) is 0 Å². The van der Waals surface area contributed by atoms with Gasteiger partial charge in [-0.3, -0.25) is 9.59 Å². The Morgan fingerprint density at radius 3 is 2.31 bits per heavy atom. The van der Waals surface area contributed by atoms with Crippen LogP contribution in [0, 0.1) is 23.7 Å². The molecule has 2 fully saturated rings. The second-order valence-corrected chi connectivity index (χ2v) is 9.55. The normalized spacial score (nSPS) is 28.0. The number of carbonyl (C=O) groups is 2. The highest BCUT2D eigenvalue weighted by Gasteiger charge is 2.59. The van der Waals surface area contributed by atoms with E-state index in [1.807, 2.05) is 33.8 Å². The predicted octanol–water partition coefficient (Wildman–Crippen LogP) is 4.17. The molecule has 0 spiro atoms. The van der Waals surface area contributed by atoms with Gasteiger partial charge in [0.15, 0.2) is 11.5 Å². The van der Waals surface area contributed by atoms with Gasteiger partial charge in [0.1, 0.15) is 5.60 Å². The number of amides is 2. The first-order valence-electron chi connectivity index (χ1n) is 9.95. The van der Waals surface area contributed by atoms with Crippen molar-refractivity contribution >= 4 is 34.0 Å². The Morgan fingerprint density at radius 1 is 1.14 bits per heavy atom. The maximum atomic E-state index is 12.8. The average Bonchev–Trinajstić information content (AvgIpc) is 3.30. The van der Waals surface area contributed by atoms with E-state index in [-0.39, 0.29) is 41.1 Å². The smallest absolute Gasteiger partial charge is 0.254 e. The summed E-state index contributed by atoms with van der Waals surface area (Å²) in [5.41, 5.74) is 0.328. The van der Waals surface area contributed by atoms with Crippen molar-refractivity contribution in [2.24, 2.45) is 28.8 Å². The van der Waals surface area contributed by atoms with Crippen LogP contribution in [-0.2, 0) is 9.59 Å². The van der Waals surface area contributed by atoms with E-state index in [1.165, 1.54) is 6.21 Å². The molecule has 1 aromatic rings. The predicted molar refractivity (Wildman–Crippen MR) is 113 cm³/mol. The summed E-state index contributed by atoms with van der Waals surface area (Å²) in [6.07, 6.45) is 6.58. The zero-order chi connectivity index (χ0) is 20.9. The van der Waals surface area contributed by atoms with Crippen LogP contribution in [0.1, 0.15) is 39.7 Å². The molecule has 1 heterocycles. The maximum Gasteiger partial charge on any atom is 0.254 e. The zero-order valence-corrected chi connectivity index (χ0v) is 18.6. The Morgan fingerprint density at radius 2 is 1.76 bits per heavy atom. The van der Waals surface area contributed by atoms with E-state index >= 15 is 0 Å². The molecule has 0 N–H and O–H groups in total. The van der Waals surface area contributed by atoms with Gasteiger partial charge in [-0.25, -0.2) is 0 Å². The third-order valence-corrected chi connectivity index (χ3v) is 6.23.